The van der Waals surface area contributed by atoms with Gasteiger partial charge in [-0.2, -0.15) is 5.10 Å². The number of nitrogens with zero attached hydrogens (tertiary/aromatic N) is 3. The van der Waals surface area contributed by atoms with E-state index in [1.54, 1.807) is 0 Å². The van der Waals surface area contributed by atoms with Crippen LogP contribution in [0.4, 0.5) is 5.88 Å². The van der Waals surface area contributed by atoms with Gasteiger partial charge in [0.25, 0.3) is 5.91 Å². The minimum atomic E-state index is -0.290. The predicted molar refractivity (Wildman–Crippen MR) is 160 cm³/mol. The van der Waals surface area contributed by atoms with E-state index in [2.05, 4.69) is 72.3 Å². The van der Waals surface area contributed by atoms with Crippen LogP contribution in [0.5, 0.6) is 0 Å². The Morgan fingerprint density at radius 1 is 0.821 bits per heavy atom. The first-order valence-electron chi connectivity index (χ1n) is 13.0. The number of benzene rings is 3. The number of furan rings is 1. The van der Waals surface area contributed by atoms with Crippen LogP contribution >= 0.6 is 15.9 Å². The average molecular weight is 579 g/mol. The Balaban J connectivity index is 1.22. The van der Waals surface area contributed by atoms with Crippen LogP contribution in [0.15, 0.2) is 117 Å². The van der Waals surface area contributed by atoms with Gasteiger partial charge in [-0.25, -0.2) is 5.43 Å². The van der Waals surface area contributed by atoms with Gasteiger partial charge < -0.3 is 13.9 Å². The highest BCUT2D eigenvalue weighted by molar-refractivity contribution is 9.10. The molecule has 6 nitrogen and oxygen atoms in total. The lowest BCUT2D eigenvalue weighted by Gasteiger charge is -2.15. The first-order chi connectivity index (χ1) is 19.2. The summed E-state index contributed by atoms with van der Waals surface area (Å²) in [6, 6.07) is 34.3. The molecule has 0 spiro atoms. The summed E-state index contributed by atoms with van der Waals surface area (Å²) in [7, 11) is 0. The van der Waals surface area contributed by atoms with Crippen molar-refractivity contribution in [2.24, 2.45) is 5.10 Å². The van der Waals surface area contributed by atoms with Crippen molar-refractivity contribution in [2.75, 3.05) is 18.0 Å². The fraction of sp³-hybridized carbons (Fsp3) is 0.125. The lowest BCUT2D eigenvalue weighted by molar-refractivity contribution is 0.0955. The second kappa shape index (κ2) is 11.2. The Morgan fingerprint density at radius 2 is 1.41 bits per heavy atom. The third kappa shape index (κ3) is 5.31. The minimum Gasteiger partial charge on any atom is -0.438 e. The highest BCUT2D eigenvalue weighted by Crippen LogP contribution is 2.33. The lowest BCUT2D eigenvalue weighted by Crippen LogP contribution is -2.17. The van der Waals surface area contributed by atoms with Crippen LogP contribution in [0.3, 0.4) is 0 Å². The van der Waals surface area contributed by atoms with E-state index in [0.717, 1.165) is 64.5 Å². The van der Waals surface area contributed by atoms with E-state index in [0.29, 0.717) is 11.3 Å². The molecule has 39 heavy (non-hydrogen) atoms. The van der Waals surface area contributed by atoms with E-state index in [9.17, 15) is 4.79 Å². The largest absolute Gasteiger partial charge is 0.438 e. The Labute approximate surface area is 235 Å². The molecule has 0 bridgehead atoms. The highest BCUT2D eigenvalue weighted by atomic mass is 79.9. The molecule has 194 valence electrons. The molecular formula is C32H27BrN4O2. The molecule has 3 aromatic carbocycles. The second-order valence-electron chi connectivity index (χ2n) is 9.41. The van der Waals surface area contributed by atoms with Crippen LogP contribution in [0.25, 0.3) is 28.2 Å². The normalized spacial score (nSPS) is 13.3. The molecule has 7 heteroatoms. The zero-order chi connectivity index (χ0) is 26.6. The van der Waals surface area contributed by atoms with Crippen molar-refractivity contribution in [1.29, 1.82) is 0 Å². The van der Waals surface area contributed by atoms with E-state index >= 15 is 0 Å². The van der Waals surface area contributed by atoms with Crippen LogP contribution in [0.1, 0.15) is 29.0 Å². The smallest absolute Gasteiger partial charge is 0.271 e. The Morgan fingerprint density at radius 3 is 2.00 bits per heavy atom. The molecule has 0 saturated carbocycles. The van der Waals surface area contributed by atoms with Gasteiger partial charge in [-0.1, -0.05) is 60.7 Å². The van der Waals surface area contributed by atoms with E-state index in [4.69, 9.17) is 4.42 Å². The number of hydrogen-bond donors (Lipinski definition) is 1. The molecule has 1 amide bonds. The fourth-order valence-electron chi connectivity index (χ4n) is 4.94. The fourth-order valence-corrected chi connectivity index (χ4v) is 5.50. The summed E-state index contributed by atoms with van der Waals surface area (Å²) < 4.78 is 9.02. The molecule has 1 aliphatic rings. The van der Waals surface area contributed by atoms with E-state index < -0.39 is 0 Å². The van der Waals surface area contributed by atoms with Gasteiger partial charge in [0, 0.05) is 30.4 Å². The summed E-state index contributed by atoms with van der Waals surface area (Å²) in [5, 5.41) is 4.12. The zero-order valence-electron chi connectivity index (χ0n) is 21.3. The number of halogens is 1. The number of hydrazone groups is 1. The van der Waals surface area contributed by atoms with Crippen LogP contribution in [0.2, 0.25) is 0 Å². The summed E-state index contributed by atoms with van der Waals surface area (Å²) >= 11 is 3.56. The third-order valence-electron chi connectivity index (χ3n) is 6.85. The van der Waals surface area contributed by atoms with Crippen molar-refractivity contribution >= 4 is 33.9 Å². The number of nitrogens with one attached hydrogen (secondary N) is 1. The number of carbonyl (C=O) groups excluding carboxylic acids is 1. The Bertz CT molecular complexity index is 1540. The van der Waals surface area contributed by atoms with Crippen LogP contribution in [-0.2, 0) is 0 Å². The number of aromatic nitrogens is 1. The first kappa shape index (κ1) is 24.9. The third-order valence-corrected chi connectivity index (χ3v) is 7.41. The lowest BCUT2D eigenvalue weighted by atomic mass is 10.1. The van der Waals surface area contributed by atoms with Gasteiger partial charge in [0.05, 0.1) is 22.1 Å². The molecule has 5 aromatic rings. The van der Waals surface area contributed by atoms with E-state index in [-0.39, 0.29) is 5.91 Å². The number of rotatable bonds is 7. The van der Waals surface area contributed by atoms with Crippen molar-refractivity contribution in [1.82, 2.24) is 9.99 Å². The molecule has 0 unspecified atom stereocenters. The van der Waals surface area contributed by atoms with Gasteiger partial charge in [-0.05, 0) is 76.3 Å². The number of amides is 1. The molecule has 1 saturated heterocycles. The topological polar surface area (TPSA) is 62.8 Å². The monoisotopic (exact) mass is 578 g/mol. The quantitative estimate of drug-likeness (QED) is 0.160. The van der Waals surface area contributed by atoms with Gasteiger partial charge in [-0.3, -0.25) is 4.79 Å². The maximum absolute atomic E-state index is 12.8. The summed E-state index contributed by atoms with van der Waals surface area (Å²) in [4.78, 5) is 15.0. The summed E-state index contributed by atoms with van der Waals surface area (Å²) in [5.41, 5.74) is 8.49. The van der Waals surface area contributed by atoms with Crippen LogP contribution in [0, 0.1) is 0 Å². The van der Waals surface area contributed by atoms with Crippen molar-refractivity contribution in [3.05, 3.63) is 119 Å². The van der Waals surface area contributed by atoms with Crippen LogP contribution in [-0.4, -0.2) is 29.8 Å². The zero-order valence-corrected chi connectivity index (χ0v) is 22.8. The van der Waals surface area contributed by atoms with Gasteiger partial charge in [0.1, 0.15) is 0 Å². The molecule has 1 fully saturated rings. The van der Waals surface area contributed by atoms with Gasteiger partial charge in [0.15, 0.2) is 5.76 Å². The molecule has 0 aliphatic carbocycles. The number of anilines is 1. The maximum Gasteiger partial charge on any atom is 0.271 e. The van der Waals surface area contributed by atoms with Crippen LogP contribution < -0.4 is 10.3 Å². The highest BCUT2D eigenvalue weighted by Gasteiger charge is 2.19. The molecule has 6 rings (SSSR count). The van der Waals surface area contributed by atoms with E-state index in [1.807, 2.05) is 66.7 Å². The maximum atomic E-state index is 12.8. The number of hydrogen-bond acceptors (Lipinski definition) is 4. The minimum absolute atomic E-state index is 0.290. The molecule has 0 radical (unpaired) electrons. The molecular weight excluding hydrogens is 552 g/mol. The SMILES string of the molecule is O=C(N/N=C\c1cc(Br)c(N2CCCC2)o1)c1ccc(-n2c(-c3ccccc3)ccc2-c2ccccc2)cc1. The summed E-state index contributed by atoms with van der Waals surface area (Å²) in [6.45, 7) is 1.97. The summed E-state index contributed by atoms with van der Waals surface area (Å²) in [5.74, 6) is 1.10. The summed E-state index contributed by atoms with van der Waals surface area (Å²) in [6.07, 6.45) is 3.85. The van der Waals surface area contributed by atoms with Gasteiger partial charge >= 0.3 is 0 Å². The Kier molecular flexibility index (Phi) is 7.15. The Hall–Kier alpha value is -4.36. The molecule has 2 aromatic heterocycles. The van der Waals surface area contributed by atoms with Gasteiger partial charge in [0.2, 0.25) is 5.88 Å². The van der Waals surface area contributed by atoms with Crippen molar-refractivity contribution < 1.29 is 9.21 Å². The molecule has 0 atom stereocenters. The molecule has 3 heterocycles. The van der Waals surface area contributed by atoms with Gasteiger partial charge in [-0.15, -0.1) is 0 Å². The van der Waals surface area contributed by atoms with Crippen molar-refractivity contribution in [3.63, 3.8) is 0 Å². The average Bonchev–Trinajstić information content (AvgIpc) is 3.74. The number of carbonyl (C=O) groups is 1. The predicted octanol–water partition coefficient (Wildman–Crippen LogP) is 7.53. The van der Waals surface area contributed by atoms with E-state index in [1.165, 1.54) is 6.21 Å². The molecule has 1 N–H and O–H groups in total. The second-order valence-corrected chi connectivity index (χ2v) is 10.3. The van der Waals surface area contributed by atoms with Crippen molar-refractivity contribution in [3.8, 4) is 28.2 Å². The molecule has 1 aliphatic heterocycles. The standard InChI is InChI=1S/C32H27BrN4O2/c33-28-21-27(39-32(28)36-19-7-8-20-36)22-34-35-31(38)25-13-15-26(16-14-25)37-29(23-9-3-1-4-10-23)17-18-30(37)24-11-5-2-6-12-24/h1-6,9-18,21-22H,7-8,19-20H2,(H,35,38)/b34-22-. The first-order valence-corrected chi connectivity index (χ1v) is 13.8. The van der Waals surface area contributed by atoms with Crippen molar-refractivity contribution in [2.45, 2.75) is 12.8 Å².